The van der Waals surface area contributed by atoms with Crippen LogP contribution in [0.2, 0.25) is 0 Å². The summed E-state index contributed by atoms with van der Waals surface area (Å²) in [4.78, 5) is 2.27. The van der Waals surface area contributed by atoms with Crippen LogP contribution < -0.4 is 5.32 Å². The predicted octanol–water partition coefficient (Wildman–Crippen LogP) is 0.955. The Labute approximate surface area is 94.2 Å². The number of hydrogen-bond donors (Lipinski definition) is 1. The van der Waals surface area contributed by atoms with E-state index in [1.807, 2.05) is 0 Å². The van der Waals surface area contributed by atoms with E-state index < -0.39 is 0 Å². The topological polar surface area (TPSA) is 24.5 Å². The zero-order valence-electron chi connectivity index (χ0n) is 10.4. The number of hydrogen-bond acceptors (Lipinski definition) is 3. The molecule has 0 saturated heterocycles. The summed E-state index contributed by atoms with van der Waals surface area (Å²) >= 11 is 0. The van der Waals surface area contributed by atoms with Crippen LogP contribution in [0.15, 0.2) is 0 Å². The van der Waals surface area contributed by atoms with Crippen molar-refractivity contribution < 1.29 is 4.74 Å². The number of rotatable bonds is 8. The molecule has 15 heavy (non-hydrogen) atoms. The molecule has 0 radical (unpaired) electrons. The fourth-order valence-electron chi connectivity index (χ4n) is 1.16. The fourth-order valence-corrected chi connectivity index (χ4v) is 1.16. The number of nitrogens with one attached hydrogen (secondary N) is 1. The number of ether oxygens (including phenoxy) is 1. The Morgan fingerprint density at radius 3 is 2.60 bits per heavy atom. The van der Waals surface area contributed by atoms with E-state index in [0.29, 0.717) is 18.7 Å². The van der Waals surface area contributed by atoms with Gasteiger partial charge in [0.2, 0.25) is 0 Å². The highest BCUT2D eigenvalue weighted by Gasteiger charge is 2.07. The van der Waals surface area contributed by atoms with Crippen LogP contribution in [0.5, 0.6) is 0 Å². The SMILES string of the molecule is C#CCNCC(C)N(C)CCOC(C)C. The molecule has 0 aromatic carbocycles. The lowest BCUT2D eigenvalue weighted by molar-refractivity contribution is 0.0574. The van der Waals surface area contributed by atoms with Crippen LogP contribution in [0.4, 0.5) is 0 Å². The van der Waals surface area contributed by atoms with Gasteiger partial charge in [-0.1, -0.05) is 5.92 Å². The summed E-state index contributed by atoms with van der Waals surface area (Å²) in [5.74, 6) is 2.57. The highest BCUT2D eigenvalue weighted by molar-refractivity contribution is 4.87. The van der Waals surface area contributed by atoms with E-state index in [2.05, 4.69) is 44.0 Å². The van der Waals surface area contributed by atoms with E-state index in [9.17, 15) is 0 Å². The van der Waals surface area contributed by atoms with Crippen molar-refractivity contribution in [1.82, 2.24) is 10.2 Å². The molecule has 0 spiro atoms. The van der Waals surface area contributed by atoms with Gasteiger partial charge in [0.15, 0.2) is 0 Å². The molecule has 0 rings (SSSR count). The van der Waals surface area contributed by atoms with E-state index in [-0.39, 0.29) is 0 Å². The Kier molecular flexibility index (Phi) is 8.40. The maximum absolute atomic E-state index is 5.49. The van der Waals surface area contributed by atoms with Gasteiger partial charge in [0.05, 0.1) is 19.3 Å². The molecule has 0 fully saturated rings. The molecular weight excluding hydrogens is 188 g/mol. The summed E-state index contributed by atoms with van der Waals surface area (Å²) in [5.41, 5.74) is 0. The second-order valence-electron chi connectivity index (χ2n) is 4.08. The lowest BCUT2D eigenvalue weighted by Crippen LogP contribution is -2.39. The first-order chi connectivity index (χ1) is 7.07. The van der Waals surface area contributed by atoms with Crippen molar-refractivity contribution in [3.8, 4) is 12.3 Å². The van der Waals surface area contributed by atoms with Crippen molar-refractivity contribution in [3.05, 3.63) is 0 Å². The summed E-state index contributed by atoms with van der Waals surface area (Å²) in [6.07, 6.45) is 5.47. The zero-order valence-corrected chi connectivity index (χ0v) is 10.4. The molecule has 0 aliphatic rings. The van der Waals surface area contributed by atoms with Crippen molar-refractivity contribution in [2.24, 2.45) is 0 Å². The normalized spacial score (nSPS) is 13.1. The summed E-state index contributed by atoms with van der Waals surface area (Å²) in [7, 11) is 2.10. The van der Waals surface area contributed by atoms with Crippen molar-refractivity contribution in [2.75, 3.05) is 33.3 Å². The van der Waals surface area contributed by atoms with Crippen LogP contribution in [0.25, 0.3) is 0 Å². The molecule has 0 aromatic heterocycles. The summed E-state index contributed by atoms with van der Waals surface area (Å²) in [6, 6.07) is 0.481. The smallest absolute Gasteiger partial charge is 0.0596 e. The van der Waals surface area contributed by atoms with E-state index in [1.165, 1.54) is 0 Å². The van der Waals surface area contributed by atoms with Gasteiger partial charge in [-0.2, -0.15) is 0 Å². The highest BCUT2D eigenvalue weighted by atomic mass is 16.5. The van der Waals surface area contributed by atoms with Crippen molar-refractivity contribution in [1.29, 1.82) is 0 Å². The monoisotopic (exact) mass is 212 g/mol. The van der Waals surface area contributed by atoms with Gasteiger partial charge in [0.25, 0.3) is 0 Å². The molecule has 1 N–H and O–H groups in total. The Balaban J connectivity index is 3.51. The molecule has 88 valence electrons. The second kappa shape index (κ2) is 8.72. The van der Waals surface area contributed by atoms with Crippen LogP contribution >= 0.6 is 0 Å². The molecular formula is C12H24N2O. The minimum atomic E-state index is 0.313. The fraction of sp³-hybridized carbons (Fsp3) is 0.833. The Hall–Kier alpha value is -0.560. The Morgan fingerprint density at radius 2 is 2.07 bits per heavy atom. The van der Waals surface area contributed by atoms with Gasteiger partial charge in [-0.05, 0) is 27.8 Å². The van der Waals surface area contributed by atoms with E-state index in [0.717, 1.165) is 19.7 Å². The maximum atomic E-state index is 5.49. The van der Waals surface area contributed by atoms with Gasteiger partial charge < -0.3 is 15.0 Å². The molecule has 3 nitrogen and oxygen atoms in total. The molecule has 3 heteroatoms. The number of likely N-dealkylation sites (N-methyl/N-ethyl adjacent to an activating group) is 1. The van der Waals surface area contributed by atoms with Crippen molar-refractivity contribution in [3.63, 3.8) is 0 Å². The standard InChI is InChI=1S/C12H24N2O/c1-6-7-13-10-12(4)14(5)8-9-15-11(2)3/h1,11-13H,7-10H2,2-5H3. The van der Waals surface area contributed by atoms with Crippen LogP contribution in [0.3, 0.4) is 0 Å². The minimum absolute atomic E-state index is 0.313. The first-order valence-corrected chi connectivity index (χ1v) is 5.54. The van der Waals surface area contributed by atoms with Gasteiger partial charge >= 0.3 is 0 Å². The largest absolute Gasteiger partial charge is 0.377 e. The Bertz CT molecular complexity index is 187. The lowest BCUT2D eigenvalue weighted by atomic mass is 10.3. The summed E-state index contributed by atoms with van der Waals surface area (Å²) in [5, 5.41) is 3.20. The van der Waals surface area contributed by atoms with Gasteiger partial charge in [0, 0.05) is 19.1 Å². The van der Waals surface area contributed by atoms with Crippen molar-refractivity contribution in [2.45, 2.75) is 32.9 Å². The quantitative estimate of drug-likeness (QED) is 0.479. The highest BCUT2D eigenvalue weighted by Crippen LogP contribution is 1.95. The average molecular weight is 212 g/mol. The van der Waals surface area contributed by atoms with Gasteiger partial charge in [0.1, 0.15) is 0 Å². The third kappa shape index (κ3) is 8.44. The molecule has 1 atom stereocenters. The average Bonchev–Trinajstić information content (AvgIpc) is 2.17. The lowest BCUT2D eigenvalue weighted by Gasteiger charge is -2.25. The van der Waals surface area contributed by atoms with Crippen molar-refractivity contribution >= 4 is 0 Å². The molecule has 0 heterocycles. The molecule has 0 aliphatic carbocycles. The third-order valence-corrected chi connectivity index (χ3v) is 2.31. The van der Waals surface area contributed by atoms with Crippen LogP contribution in [-0.4, -0.2) is 50.3 Å². The maximum Gasteiger partial charge on any atom is 0.0596 e. The van der Waals surface area contributed by atoms with Crippen LogP contribution in [-0.2, 0) is 4.74 Å². The zero-order chi connectivity index (χ0) is 11.7. The third-order valence-electron chi connectivity index (χ3n) is 2.31. The van der Waals surface area contributed by atoms with Gasteiger partial charge in [-0.25, -0.2) is 0 Å². The number of terminal acetylenes is 1. The Morgan fingerprint density at radius 1 is 1.40 bits per heavy atom. The van der Waals surface area contributed by atoms with E-state index in [1.54, 1.807) is 0 Å². The first kappa shape index (κ1) is 14.4. The number of nitrogens with zero attached hydrogens (tertiary/aromatic N) is 1. The summed E-state index contributed by atoms with van der Waals surface area (Å²) in [6.45, 7) is 9.59. The van der Waals surface area contributed by atoms with E-state index in [4.69, 9.17) is 11.2 Å². The van der Waals surface area contributed by atoms with Gasteiger partial charge in [-0.15, -0.1) is 6.42 Å². The molecule has 0 aliphatic heterocycles. The molecule has 0 aromatic rings. The molecule has 0 bridgehead atoms. The first-order valence-electron chi connectivity index (χ1n) is 5.54. The molecule has 1 unspecified atom stereocenters. The van der Waals surface area contributed by atoms with E-state index >= 15 is 0 Å². The molecule has 0 amide bonds. The minimum Gasteiger partial charge on any atom is -0.377 e. The summed E-state index contributed by atoms with van der Waals surface area (Å²) < 4.78 is 5.49. The molecule has 0 saturated carbocycles. The van der Waals surface area contributed by atoms with Gasteiger partial charge in [-0.3, -0.25) is 0 Å². The predicted molar refractivity (Wildman–Crippen MR) is 64.9 cm³/mol. The second-order valence-corrected chi connectivity index (χ2v) is 4.08. The van der Waals surface area contributed by atoms with Crippen LogP contribution in [0.1, 0.15) is 20.8 Å². The van der Waals surface area contributed by atoms with Crippen LogP contribution in [0, 0.1) is 12.3 Å².